The topological polar surface area (TPSA) is 52.7 Å². The number of nitrogens with one attached hydrogen (secondary N) is 1. The zero-order valence-electron chi connectivity index (χ0n) is 15.4. The molecule has 0 aromatic heterocycles. The summed E-state index contributed by atoms with van der Waals surface area (Å²) in [5, 5.41) is 2.88. The first kappa shape index (κ1) is 18.0. The second kappa shape index (κ2) is 8.04. The Labute approximate surface area is 154 Å². The van der Waals surface area contributed by atoms with Crippen LogP contribution in [0.25, 0.3) is 0 Å². The van der Waals surface area contributed by atoms with Gasteiger partial charge >= 0.3 is 0 Å². The number of amides is 2. The van der Waals surface area contributed by atoms with Crippen molar-refractivity contribution in [3.63, 3.8) is 0 Å². The smallest absolute Gasteiger partial charge is 0.244 e. The SMILES string of the molecule is CC(=O)N(CC(=O)Nc1ccccc1C)c1ccc(N2CCCC2)cc1. The number of benzene rings is 2. The molecule has 0 aliphatic carbocycles. The highest BCUT2D eigenvalue weighted by Gasteiger charge is 2.18. The van der Waals surface area contributed by atoms with Crippen LogP contribution in [0.3, 0.4) is 0 Å². The van der Waals surface area contributed by atoms with Gasteiger partial charge in [0.1, 0.15) is 6.54 Å². The molecule has 1 heterocycles. The lowest BCUT2D eigenvalue weighted by Crippen LogP contribution is -2.36. The second-order valence-corrected chi connectivity index (χ2v) is 6.68. The Kier molecular flexibility index (Phi) is 5.56. The first-order valence-corrected chi connectivity index (χ1v) is 9.03. The van der Waals surface area contributed by atoms with E-state index in [1.165, 1.54) is 30.4 Å². The van der Waals surface area contributed by atoms with E-state index in [-0.39, 0.29) is 18.4 Å². The van der Waals surface area contributed by atoms with Gasteiger partial charge < -0.3 is 15.1 Å². The minimum Gasteiger partial charge on any atom is -0.372 e. The number of aryl methyl sites for hydroxylation is 1. The largest absolute Gasteiger partial charge is 0.372 e. The molecule has 5 nitrogen and oxygen atoms in total. The third-order valence-corrected chi connectivity index (χ3v) is 4.73. The van der Waals surface area contributed by atoms with Crippen molar-refractivity contribution in [3.05, 3.63) is 54.1 Å². The number of carbonyl (C=O) groups excluding carboxylic acids is 2. The molecule has 2 amide bonds. The average molecular weight is 351 g/mol. The van der Waals surface area contributed by atoms with Crippen LogP contribution in [0.1, 0.15) is 25.3 Å². The highest BCUT2D eigenvalue weighted by molar-refractivity contribution is 6.02. The van der Waals surface area contributed by atoms with Gasteiger partial charge in [0, 0.05) is 37.1 Å². The van der Waals surface area contributed by atoms with Crippen molar-refractivity contribution < 1.29 is 9.59 Å². The van der Waals surface area contributed by atoms with Crippen molar-refractivity contribution in [2.45, 2.75) is 26.7 Å². The van der Waals surface area contributed by atoms with Crippen LogP contribution in [0.5, 0.6) is 0 Å². The Morgan fingerprint density at radius 3 is 2.31 bits per heavy atom. The van der Waals surface area contributed by atoms with Gasteiger partial charge in [-0.05, 0) is 55.7 Å². The first-order valence-electron chi connectivity index (χ1n) is 9.03. The molecule has 1 aliphatic rings. The number of para-hydroxylation sites is 1. The molecule has 0 unspecified atom stereocenters. The van der Waals surface area contributed by atoms with E-state index in [1.807, 2.05) is 55.5 Å². The summed E-state index contributed by atoms with van der Waals surface area (Å²) >= 11 is 0. The Balaban J connectivity index is 1.69. The maximum absolute atomic E-state index is 12.4. The average Bonchev–Trinajstić information content (AvgIpc) is 3.16. The minimum absolute atomic E-state index is 0.00721. The fraction of sp³-hybridized carbons (Fsp3) is 0.333. The van der Waals surface area contributed by atoms with Gasteiger partial charge in [-0.15, -0.1) is 0 Å². The van der Waals surface area contributed by atoms with E-state index in [0.717, 1.165) is 30.0 Å². The summed E-state index contributed by atoms with van der Waals surface area (Å²) in [7, 11) is 0. The van der Waals surface area contributed by atoms with E-state index in [9.17, 15) is 9.59 Å². The molecule has 1 N–H and O–H groups in total. The molecule has 2 aromatic rings. The Hall–Kier alpha value is -2.82. The van der Waals surface area contributed by atoms with E-state index >= 15 is 0 Å². The fourth-order valence-electron chi connectivity index (χ4n) is 3.25. The summed E-state index contributed by atoms with van der Waals surface area (Å²) in [5.74, 6) is -0.364. The Bertz CT molecular complexity index is 780. The molecule has 1 aliphatic heterocycles. The molecule has 0 radical (unpaired) electrons. The predicted molar refractivity (Wildman–Crippen MR) is 106 cm³/mol. The van der Waals surface area contributed by atoms with E-state index in [4.69, 9.17) is 0 Å². The van der Waals surface area contributed by atoms with Gasteiger partial charge in [-0.1, -0.05) is 18.2 Å². The quantitative estimate of drug-likeness (QED) is 0.896. The molecule has 0 atom stereocenters. The first-order chi connectivity index (χ1) is 12.5. The molecule has 1 fully saturated rings. The van der Waals surface area contributed by atoms with Crippen LogP contribution in [-0.4, -0.2) is 31.4 Å². The van der Waals surface area contributed by atoms with E-state index in [0.29, 0.717) is 0 Å². The van der Waals surface area contributed by atoms with Crippen LogP contribution < -0.4 is 15.1 Å². The Morgan fingerprint density at radius 2 is 1.69 bits per heavy atom. The molecule has 136 valence electrons. The monoisotopic (exact) mass is 351 g/mol. The van der Waals surface area contributed by atoms with Crippen LogP contribution in [0.15, 0.2) is 48.5 Å². The molecular formula is C21H25N3O2. The molecule has 26 heavy (non-hydrogen) atoms. The molecule has 1 saturated heterocycles. The van der Waals surface area contributed by atoms with Gasteiger partial charge in [0.05, 0.1) is 0 Å². The van der Waals surface area contributed by atoms with Crippen molar-refractivity contribution in [2.24, 2.45) is 0 Å². The van der Waals surface area contributed by atoms with Gasteiger partial charge in [0.2, 0.25) is 11.8 Å². The summed E-state index contributed by atoms with van der Waals surface area (Å²) < 4.78 is 0. The highest BCUT2D eigenvalue weighted by Crippen LogP contribution is 2.24. The zero-order chi connectivity index (χ0) is 18.5. The third kappa shape index (κ3) is 4.23. The second-order valence-electron chi connectivity index (χ2n) is 6.68. The summed E-state index contributed by atoms with van der Waals surface area (Å²) in [5.41, 5.74) is 3.66. The van der Waals surface area contributed by atoms with Crippen LogP contribution in [0, 0.1) is 6.92 Å². The van der Waals surface area contributed by atoms with Gasteiger partial charge in [-0.3, -0.25) is 9.59 Å². The molecule has 0 bridgehead atoms. The van der Waals surface area contributed by atoms with Gasteiger partial charge in [-0.25, -0.2) is 0 Å². The number of hydrogen-bond acceptors (Lipinski definition) is 3. The van der Waals surface area contributed by atoms with Gasteiger partial charge in [0.15, 0.2) is 0 Å². The maximum Gasteiger partial charge on any atom is 0.244 e. The Morgan fingerprint density at radius 1 is 1.04 bits per heavy atom. The van der Waals surface area contributed by atoms with Crippen molar-refractivity contribution in [1.82, 2.24) is 0 Å². The normalized spacial score (nSPS) is 13.5. The van der Waals surface area contributed by atoms with E-state index in [1.54, 1.807) is 0 Å². The standard InChI is InChI=1S/C21H25N3O2/c1-16-7-3-4-8-20(16)22-21(26)15-24(17(2)25)19-11-9-18(10-12-19)23-13-5-6-14-23/h3-4,7-12H,5-6,13-15H2,1-2H3,(H,22,26). The van der Waals surface area contributed by atoms with Crippen LogP contribution in [0.4, 0.5) is 17.1 Å². The van der Waals surface area contributed by atoms with Crippen molar-refractivity contribution in [3.8, 4) is 0 Å². The van der Waals surface area contributed by atoms with E-state index < -0.39 is 0 Å². The lowest BCUT2D eigenvalue weighted by molar-refractivity contribution is -0.120. The van der Waals surface area contributed by atoms with E-state index in [2.05, 4.69) is 10.2 Å². The number of hydrogen-bond donors (Lipinski definition) is 1. The number of rotatable bonds is 5. The van der Waals surface area contributed by atoms with Crippen molar-refractivity contribution >= 4 is 28.9 Å². The van der Waals surface area contributed by atoms with Crippen LogP contribution in [-0.2, 0) is 9.59 Å². The third-order valence-electron chi connectivity index (χ3n) is 4.73. The molecule has 2 aromatic carbocycles. The van der Waals surface area contributed by atoms with Gasteiger partial charge in [0.25, 0.3) is 0 Å². The molecule has 0 saturated carbocycles. The summed E-state index contributed by atoms with van der Waals surface area (Å²) in [4.78, 5) is 28.3. The zero-order valence-corrected chi connectivity index (χ0v) is 15.4. The van der Waals surface area contributed by atoms with Gasteiger partial charge in [-0.2, -0.15) is 0 Å². The molecule has 5 heteroatoms. The lowest BCUT2D eigenvalue weighted by atomic mass is 10.2. The molecule has 0 spiro atoms. The molecular weight excluding hydrogens is 326 g/mol. The minimum atomic E-state index is -0.210. The summed E-state index contributed by atoms with van der Waals surface area (Å²) in [6.45, 7) is 5.57. The predicted octanol–water partition coefficient (Wildman–Crippen LogP) is 3.59. The number of nitrogens with zero attached hydrogens (tertiary/aromatic N) is 2. The highest BCUT2D eigenvalue weighted by atomic mass is 16.2. The lowest BCUT2D eigenvalue weighted by Gasteiger charge is -2.23. The van der Waals surface area contributed by atoms with Crippen LogP contribution >= 0.6 is 0 Å². The fourth-order valence-corrected chi connectivity index (χ4v) is 3.25. The number of carbonyl (C=O) groups is 2. The van der Waals surface area contributed by atoms with Crippen molar-refractivity contribution in [2.75, 3.05) is 34.8 Å². The summed E-state index contributed by atoms with van der Waals surface area (Å²) in [6, 6.07) is 15.5. The van der Waals surface area contributed by atoms with Crippen LogP contribution in [0.2, 0.25) is 0 Å². The molecule has 3 rings (SSSR count). The summed E-state index contributed by atoms with van der Waals surface area (Å²) in [6.07, 6.45) is 2.45. The number of anilines is 3. The maximum atomic E-state index is 12.4. The van der Waals surface area contributed by atoms with Crippen molar-refractivity contribution in [1.29, 1.82) is 0 Å².